The molecule has 0 aliphatic heterocycles. The average Bonchev–Trinajstić information content (AvgIpc) is 3.98. The molecule has 4 heterocycles. The first kappa shape index (κ1) is 32.7. The third-order valence-electron chi connectivity index (χ3n) is 13.0. The number of fused-ring (bicyclic) bond motifs is 15. The molecule has 14 aromatic rings. The van der Waals surface area contributed by atoms with Gasteiger partial charge in [-0.05, 0) is 104 Å². The summed E-state index contributed by atoms with van der Waals surface area (Å²) < 4.78 is 11.6. The van der Waals surface area contributed by atoms with Crippen LogP contribution in [0.15, 0.2) is 205 Å². The number of hydrogen-bond donors (Lipinski definition) is 0. The van der Waals surface area contributed by atoms with E-state index >= 15 is 0 Å². The van der Waals surface area contributed by atoms with Gasteiger partial charge in [0.1, 0.15) is 16.8 Å². The van der Waals surface area contributed by atoms with Gasteiger partial charge >= 0.3 is 0 Å². The summed E-state index contributed by atoms with van der Waals surface area (Å²) in [5.74, 6) is 0. The zero-order valence-corrected chi connectivity index (χ0v) is 32.8. The van der Waals surface area contributed by atoms with Crippen molar-refractivity contribution in [1.29, 1.82) is 0 Å². The van der Waals surface area contributed by atoms with E-state index in [2.05, 4.69) is 197 Å². The van der Waals surface area contributed by atoms with Crippen molar-refractivity contribution in [2.45, 2.75) is 0 Å². The van der Waals surface area contributed by atoms with E-state index in [1.165, 1.54) is 64.9 Å². The molecule has 0 amide bonds. The van der Waals surface area contributed by atoms with Crippen LogP contribution in [-0.4, -0.2) is 14.1 Å². The zero-order valence-electron chi connectivity index (χ0n) is 32.8. The first-order chi connectivity index (χ1) is 30.2. The van der Waals surface area contributed by atoms with Gasteiger partial charge in [0.2, 0.25) is 0 Å². The number of rotatable bonds is 3. The number of pyridine rings is 1. The Morgan fingerprint density at radius 1 is 0.361 bits per heavy atom. The summed E-state index contributed by atoms with van der Waals surface area (Å²) in [5, 5.41) is 14.5. The van der Waals surface area contributed by atoms with Crippen molar-refractivity contribution in [3.8, 4) is 22.5 Å². The van der Waals surface area contributed by atoms with Crippen molar-refractivity contribution < 1.29 is 4.42 Å². The van der Waals surface area contributed by atoms with Gasteiger partial charge in [-0.1, -0.05) is 140 Å². The molecule has 0 unspecified atom stereocenters. The Labute approximate surface area is 348 Å². The van der Waals surface area contributed by atoms with Crippen molar-refractivity contribution in [2.24, 2.45) is 0 Å². The van der Waals surface area contributed by atoms with E-state index in [1.807, 2.05) is 12.1 Å². The third-order valence-corrected chi connectivity index (χ3v) is 13.0. The monoisotopic (exact) mass is 775 g/mol. The second-order valence-electron chi connectivity index (χ2n) is 16.3. The van der Waals surface area contributed by atoms with Crippen LogP contribution in [-0.2, 0) is 0 Å². The van der Waals surface area contributed by atoms with Crippen LogP contribution in [0, 0.1) is 0 Å². The number of aromatic nitrogens is 3. The van der Waals surface area contributed by atoms with E-state index < -0.39 is 0 Å². The summed E-state index contributed by atoms with van der Waals surface area (Å²) in [4.78, 5) is 5.18. The van der Waals surface area contributed by atoms with E-state index in [4.69, 9.17) is 9.40 Å². The van der Waals surface area contributed by atoms with E-state index in [9.17, 15) is 0 Å². The fraction of sp³-hybridized carbons (Fsp3) is 0. The lowest BCUT2D eigenvalue weighted by Gasteiger charge is -2.13. The molecule has 4 aromatic heterocycles. The first-order valence-corrected chi connectivity index (χ1v) is 20.9. The van der Waals surface area contributed by atoms with Crippen LogP contribution in [0.2, 0.25) is 0 Å². The number of furan rings is 1. The van der Waals surface area contributed by atoms with Crippen molar-refractivity contribution >= 4 is 109 Å². The average molecular weight is 776 g/mol. The maximum atomic E-state index is 6.75. The van der Waals surface area contributed by atoms with Crippen LogP contribution < -0.4 is 0 Å². The molecule has 14 rings (SSSR count). The van der Waals surface area contributed by atoms with Crippen LogP contribution in [0.5, 0.6) is 0 Å². The standard InChI is InChI=1S/C57H33N3O/c1-3-13-40-34(11-1)21-22-38-31-39(26-28-41(38)40)59-50-29-25-36(32-47(50)54-42-14-4-2-12-35(42)24-30-51(54)59)37-23-27-44-43-15-6-9-19-49(43)60(52(44)33-37)56-45-16-5-8-18-48(45)58-55-46-17-7-10-20-53(46)61-57(55)56/h1-33H. The molecule has 0 saturated carbocycles. The molecular weight excluding hydrogens is 743 g/mol. The van der Waals surface area contributed by atoms with Crippen LogP contribution in [0.1, 0.15) is 0 Å². The van der Waals surface area contributed by atoms with Gasteiger partial charge in [-0.15, -0.1) is 0 Å². The predicted octanol–water partition coefficient (Wildman–Crippen LogP) is 15.5. The van der Waals surface area contributed by atoms with Gasteiger partial charge in [-0.3, -0.25) is 0 Å². The molecule has 0 atom stereocenters. The minimum Gasteiger partial charge on any atom is -0.452 e. The van der Waals surface area contributed by atoms with Crippen molar-refractivity contribution in [3.63, 3.8) is 0 Å². The number of para-hydroxylation sites is 3. The lowest BCUT2D eigenvalue weighted by molar-refractivity contribution is 0.666. The maximum Gasteiger partial charge on any atom is 0.178 e. The van der Waals surface area contributed by atoms with Crippen LogP contribution in [0.25, 0.3) is 131 Å². The SMILES string of the molecule is c1ccc2c(c1)ccc1cc(-n3c4ccc(-c5ccc6c7ccccc7n(-c7c8ccccc8nc8c7oc7ccccc78)c6c5)cc4c4c5ccccc5ccc43)ccc12. The van der Waals surface area contributed by atoms with Crippen molar-refractivity contribution in [2.75, 3.05) is 0 Å². The summed E-state index contributed by atoms with van der Waals surface area (Å²) in [7, 11) is 0. The fourth-order valence-electron chi connectivity index (χ4n) is 10.3. The summed E-state index contributed by atoms with van der Waals surface area (Å²) in [5.41, 5.74) is 12.5. The summed E-state index contributed by atoms with van der Waals surface area (Å²) in [6, 6.07) is 72.7. The van der Waals surface area contributed by atoms with Gasteiger partial charge in [-0.25, -0.2) is 4.98 Å². The van der Waals surface area contributed by atoms with E-state index in [0.29, 0.717) is 0 Å². The minimum absolute atomic E-state index is 0.788. The molecule has 0 aliphatic carbocycles. The highest BCUT2D eigenvalue weighted by Gasteiger charge is 2.23. The molecule has 0 spiro atoms. The van der Waals surface area contributed by atoms with E-state index in [0.717, 1.165) is 66.5 Å². The van der Waals surface area contributed by atoms with Gasteiger partial charge in [0.15, 0.2) is 5.58 Å². The largest absolute Gasteiger partial charge is 0.452 e. The van der Waals surface area contributed by atoms with Crippen LogP contribution in [0.3, 0.4) is 0 Å². The molecule has 4 heteroatoms. The molecule has 4 nitrogen and oxygen atoms in total. The number of nitrogens with zero attached hydrogens (tertiary/aromatic N) is 3. The second kappa shape index (κ2) is 12.2. The Bertz CT molecular complexity index is 4180. The van der Waals surface area contributed by atoms with Crippen LogP contribution in [0.4, 0.5) is 0 Å². The molecule has 61 heavy (non-hydrogen) atoms. The maximum absolute atomic E-state index is 6.75. The van der Waals surface area contributed by atoms with E-state index in [1.54, 1.807) is 0 Å². The number of benzene rings is 10. The minimum atomic E-state index is 0.788. The van der Waals surface area contributed by atoms with Crippen molar-refractivity contribution in [1.82, 2.24) is 14.1 Å². The Morgan fingerprint density at radius 3 is 1.87 bits per heavy atom. The highest BCUT2D eigenvalue weighted by Crippen LogP contribution is 2.43. The first-order valence-electron chi connectivity index (χ1n) is 20.9. The quantitative estimate of drug-likeness (QED) is 0.168. The molecule has 282 valence electrons. The van der Waals surface area contributed by atoms with Gasteiger partial charge in [0.05, 0.1) is 27.6 Å². The summed E-state index contributed by atoms with van der Waals surface area (Å²) >= 11 is 0. The molecule has 0 fully saturated rings. The Hall–Kier alpha value is -8.21. The van der Waals surface area contributed by atoms with Gasteiger partial charge < -0.3 is 13.6 Å². The highest BCUT2D eigenvalue weighted by atomic mass is 16.3. The van der Waals surface area contributed by atoms with Gasteiger partial charge in [0.25, 0.3) is 0 Å². The van der Waals surface area contributed by atoms with Gasteiger partial charge in [-0.2, -0.15) is 0 Å². The molecule has 0 N–H and O–H groups in total. The molecular formula is C57H33N3O. The normalized spacial score (nSPS) is 12.3. The van der Waals surface area contributed by atoms with E-state index in [-0.39, 0.29) is 0 Å². The lowest BCUT2D eigenvalue weighted by atomic mass is 9.99. The van der Waals surface area contributed by atoms with Crippen LogP contribution >= 0.6 is 0 Å². The molecule has 0 saturated heterocycles. The Morgan fingerprint density at radius 2 is 0.967 bits per heavy atom. The predicted molar refractivity (Wildman–Crippen MR) is 256 cm³/mol. The Kier molecular flexibility index (Phi) is 6.52. The molecule has 0 radical (unpaired) electrons. The molecule has 0 aliphatic rings. The Balaban J connectivity index is 1.03. The molecule has 0 bridgehead atoms. The highest BCUT2D eigenvalue weighted by molar-refractivity contribution is 6.22. The topological polar surface area (TPSA) is 35.9 Å². The fourth-order valence-corrected chi connectivity index (χ4v) is 10.3. The zero-order chi connectivity index (χ0) is 39.8. The smallest absolute Gasteiger partial charge is 0.178 e. The summed E-state index contributed by atoms with van der Waals surface area (Å²) in [6.45, 7) is 0. The molecule has 10 aromatic carbocycles. The third kappa shape index (κ3) is 4.56. The van der Waals surface area contributed by atoms with Gasteiger partial charge in [0, 0.05) is 38.0 Å². The second-order valence-corrected chi connectivity index (χ2v) is 16.3. The van der Waals surface area contributed by atoms with Crippen molar-refractivity contribution in [3.05, 3.63) is 200 Å². The lowest BCUT2D eigenvalue weighted by Crippen LogP contribution is -1.98. The number of hydrogen-bond acceptors (Lipinski definition) is 2. The summed E-state index contributed by atoms with van der Waals surface area (Å²) in [6.07, 6.45) is 0.